The highest BCUT2D eigenvalue weighted by Gasteiger charge is 2.16. The molecule has 3 rings (SSSR count). The molecule has 0 atom stereocenters. The molecule has 1 aliphatic heterocycles. The minimum absolute atomic E-state index is 0.654. The van der Waals surface area contributed by atoms with E-state index in [0.717, 1.165) is 32.6 Å². The van der Waals surface area contributed by atoms with E-state index in [1.165, 1.54) is 28.1 Å². The SMILES string of the molecule is Cc1cc(C2=CC=CCC2)ccc1N(CCN)CC1=CNCN1C. The Balaban J connectivity index is 1.82. The van der Waals surface area contributed by atoms with Gasteiger partial charge in [-0.3, -0.25) is 0 Å². The standard InChI is InChI=1S/C20H28N4/c1-16-12-18(17-6-4-3-5-7-17)8-9-20(16)24(11-10-21)14-19-13-22-15-23(19)2/h3-4,6,8-9,12-13,22H,5,7,10-11,14-15,21H2,1-2H3. The van der Waals surface area contributed by atoms with E-state index in [1.807, 2.05) is 0 Å². The number of nitrogens with zero attached hydrogens (tertiary/aromatic N) is 2. The van der Waals surface area contributed by atoms with E-state index in [-0.39, 0.29) is 0 Å². The Labute approximate surface area is 145 Å². The third kappa shape index (κ3) is 3.65. The molecule has 0 fully saturated rings. The van der Waals surface area contributed by atoms with E-state index in [4.69, 9.17) is 5.73 Å². The van der Waals surface area contributed by atoms with Crippen molar-refractivity contribution in [1.82, 2.24) is 10.2 Å². The van der Waals surface area contributed by atoms with Gasteiger partial charge in [-0.05, 0) is 48.6 Å². The number of allylic oxidation sites excluding steroid dienone is 4. The summed E-state index contributed by atoms with van der Waals surface area (Å²) >= 11 is 0. The lowest BCUT2D eigenvalue weighted by Crippen LogP contribution is -2.34. The average molecular weight is 324 g/mol. The van der Waals surface area contributed by atoms with Crippen molar-refractivity contribution < 1.29 is 0 Å². The third-order valence-corrected chi connectivity index (χ3v) is 4.76. The molecule has 3 N–H and O–H groups in total. The zero-order chi connectivity index (χ0) is 16.9. The zero-order valence-corrected chi connectivity index (χ0v) is 14.8. The summed E-state index contributed by atoms with van der Waals surface area (Å²) in [5.41, 5.74) is 12.5. The number of aryl methyl sites for hydroxylation is 1. The Morgan fingerprint density at radius 1 is 1.33 bits per heavy atom. The molecule has 0 radical (unpaired) electrons. The molecule has 0 saturated carbocycles. The summed E-state index contributed by atoms with van der Waals surface area (Å²) in [4.78, 5) is 4.62. The molecule has 0 amide bonds. The second kappa shape index (κ2) is 7.58. The van der Waals surface area contributed by atoms with Crippen molar-refractivity contribution in [3.63, 3.8) is 0 Å². The summed E-state index contributed by atoms with van der Waals surface area (Å²) in [5.74, 6) is 0. The summed E-state index contributed by atoms with van der Waals surface area (Å²) in [5, 5.41) is 3.28. The molecular weight excluding hydrogens is 296 g/mol. The van der Waals surface area contributed by atoms with Gasteiger partial charge in [-0.1, -0.05) is 24.3 Å². The minimum Gasteiger partial charge on any atom is -0.372 e. The summed E-state index contributed by atoms with van der Waals surface area (Å²) in [6.45, 7) is 5.47. The summed E-state index contributed by atoms with van der Waals surface area (Å²) in [7, 11) is 2.12. The number of benzene rings is 1. The molecular formula is C20H28N4. The lowest BCUT2D eigenvalue weighted by molar-refractivity contribution is 0.432. The molecule has 2 aliphatic rings. The van der Waals surface area contributed by atoms with Crippen molar-refractivity contribution in [2.75, 3.05) is 38.3 Å². The molecule has 0 unspecified atom stereocenters. The molecule has 128 valence electrons. The van der Waals surface area contributed by atoms with Gasteiger partial charge < -0.3 is 20.9 Å². The van der Waals surface area contributed by atoms with Gasteiger partial charge in [0.2, 0.25) is 0 Å². The topological polar surface area (TPSA) is 44.5 Å². The van der Waals surface area contributed by atoms with Gasteiger partial charge >= 0.3 is 0 Å². The lowest BCUT2D eigenvalue weighted by Gasteiger charge is -2.29. The van der Waals surface area contributed by atoms with E-state index in [9.17, 15) is 0 Å². The summed E-state index contributed by atoms with van der Waals surface area (Å²) in [6, 6.07) is 6.82. The van der Waals surface area contributed by atoms with Crippen LogP contribution in [0.5, 0.6) is 0 Å². The van der Waals surface area contributed by atoms with Gasteiger partial charge in [0.25, 0.3) is 0 Å². The van der Waals surface area contributed by atoms with Gasteiger partial charge in [0.1, 0.15) is 0 Å². The largest absolute Gasteiger partial charge is 0.372 e. The van der Waals surface area contributed by atoms with Crippen molar-refractivity contribution in [1.29, 1.82) is 0 Å². The van der Waals surface area contributed by atoms with E-state index < -0.39 is 0 Å². The number of anilines is 1. The Kier molecular flexibility index (Phi) is 5.26. The van der Waals surface area contributed by atoms with Gasteiger partial charge in [-0.25, -0.2) is 0 Å². The predicted octanol–water partition coefficient (Wildman–Crippen LogP) is 2.83. The molecule has 1 aromatic rings. The first kappa shape index (κ1) is 16.7. The van der Waals surface area contributed by atoms with Gasteiger partial charge in [-0.2, -0.15) is 0 Å². The average Bonchev–Trinajstić information content (AvgIpc) is 3.00. The second-order valence-electron chi connectivity index (χ2n) is 6.57. The number of nitrogens with one attached hydrogen (secondary N) is 1. The fourth-order valence-electron chi connectivity index (χ4n) is 3.37. The molecule has 0 saturated heterocycles. The van der Waals surface area contributed by atoms with Gasteiger partial charge in [0.05, 0.1) is 18.9 Å². The van der Waals surface area contributed by atoms with Crippen molar-refractivity contribution in [2.24, 2.45) is 5.73 Å². The monoisotopic (exact) mass is 324 g/mol. The summed E-state index contributed by atoms with van der Waals surface area (Å²) < 4.78 is 0. The Bertz CT molecular complexity index is 672. The second-order valence-corrected chi connectivity index (χ2v) is 6.57. The highest BCUT2D eigenvalue weighted by Crippen LogP contribution is 2.29. The quantitative estimate of drug-likeness (QED) is 0.844. The van der Waals surface area contributed by atoms with Crippen molar-refractivity contribution in [3.8, 4) is 0 Å². The van der Waals surface area contributed by atoms with E-state index in [0.29, 0.717) is 6.54 Å². The number of hydrogen-bond acceptors (Lipinski definition) is 4. The smallest absolute Gasteiger partial charge is 0.0867 e. The predicted molar refractivity (Wildman–Crippen MR) is 103 cm³/mol. The van der Waals surface area contributed by atoms with Crippen LogP contribution in [0.15, 0.2) is 48.3 Å². The van der Waals surface area contributed by atoms with Crippen LogP contribution in [-0.4, -0.2) is 38.3 Å². The van der Waals surface area contributed by atoms with E-state index in [1.54, 1.807) is 0 Å². The molecule has 1 heterocycles. The molecule has 1 aromatic carbocycles. The van der Waals surface area contributed by atoms with Crippen molar-refractivity contribution >= 4 is 11.3 Å². The molecule has 4 nitrogen and oxygen atoms in total. The lowest BCUT2D eigenvalue weighted by atomic mass is 9.95. The maximum Gasteiger partial charge on any atom is 0.0867 e. The molecule has 0 aromatic heterocycles. The van der Waals surface area contributed by atoms with Crippen LogP contribution in [0.1, 0.15) is 24.0 Å². The Morgan fingerprint density at radius 3 is 2.83 bits per heavy atom. The molecule has 24 heavy (non-hydrogen) atoms. The molecule has 0 spiro atoms. The zero-order valence-electron chi connectivity index (χ0n) is 14.8. The van der Waals surface area contributed by atoms with Crippen LogP contribution in [0, 0.1) is 6.92 Å². The maximum absolute atomic E-state index is 5.87. The van der Waals surface area contributed by atoms with Crippen LogP contribution in [0.4, 0.5) is 5.69 Å². The van der Waals surface area contributed by atoms with Gasteiger partial charge in [0.15, 0.2) is 0 Å². The first-order valence-corrected chi connectivity index (χ1v) is 8.74. The van der Waals surface area contributed by atoms with Crippen LogP contribution in [0.3, 0.4) is 0 Å². The minimum atomic E-state index is 0.654. The number of likely N-dealkylation sites (N-methyl/N-ethyl adjacent to an activating group) is 1. The van der Waals surface area contributed by atoms with Gasteiger partial charge in [0, 0.05) is 32.0 Å². The molecule has 4 heteroatoms. The van der Waals surface area contributed by atoms with Crippen LogP contribution in [-0.2, 0) is 0 Å². The maximum atomic E-state index is 5.87. The first-order valence-electron chi connectivity index (χ1n) is 8.74. The number of nitrogens with two attached hydrogens (primary N) is 1. The Hall–Kier alpha value is -2.20. The fraction of sp³-hybridized carbons (Fsp3) is 0.400. The van der Waals surface area contributed by atoms with Crippen LogP contribution < -0.4 is 16.0 Å². The van der Waals surface area contributed by atoms with Crippen molar-refractivity contribution in [2.45, 2.75) is 19.8 Å². The number of hydrogen-bond donors (Lipinski definition) is 2. The van der Waals surface area contributed by atoms with E-state index >= 15 is 0 Å². The third-order valence-electron chi connectivity index (χ3n) is 4.76. The van der Waals surface area contributed by atoms with Crippen LogP contribution in [0.2, 0.25) is 0 Å². The van der Waals surface area contributed by atoms with Crippen LogP contribution >= 0.6 is 0 Å². The summed E-state index contributed by atoms with van der Waals surface area (Å²) in [6.07, 6.45) is 11.0. The Morgan fingerprint density at radius 2 is 2.21 bits per heavy atom. The number of rotatable bonds is 6. The normalized spacial score (nSPS) is 16.7. The van der Waals surface area contributed by atoms with Crippen molar-refractivity contribution in [3.05, 3.63) is 59.5 Å². The highest BCUT2D eigenvalue weighted by molar-refractivity contribution is 5.71. The van der Waals surface area contributed by atoms with Crippen LogP contribution in [0.25, 0.3) is 5.57 Å². The van der Waals surface area contributed by atoms with Gasteiger partial charge in [-0.15, -0.1) is 0 Å². The highest BCUT2D eigenvalue weighted by atomic mass is 15.3. The fourth-order valence-corrected chi connectivity index (χ4v) is 3.37. The molecule has 1 aliphatic carbocycles. The first-order chi connectivity index (χ1) is 11.7. The van der Waals surface area contributed by atoms with E-state index in [2.05, 4.69) is 71.7 Å². The molecule has 0 bridgehead atoms.